The molecule has 1 aliphatic carbocycles. The lowest BCUT2D eigenvalue weighted by atomic mass is 9.73. The number of furan rings is 1. The lowest BCUT2D eigenvalue weighted by molar-refractivity contribution is 0.0355. The molecule has 1 aliphatic rings. The summed E-state index contributed by atoms with van der Waals surface area (Å²) >= 11 is 0. The highest BCUT2D eigenvalue weighted by Crippen LogP contribution is 2.35. The average molecular weight is 222 g/mol. The zero-order valence-electron chi connectivity index (χ0n) is 10.2. The predicted octanol–water partition coefficient (Wildman–Crippen LogP) is 3.26. The molecule has 1 fully saturated rings. The quantitative estimate of drug-likeness (QED) is 0.851. The normalized spacial score (nSPS) is 30.9. The lowest BCUT2D eigenvalue weighted by Gasteiger charge is -2.35. The van der Waals surface area contributed by atoms with E-state index in [4.69, 9.17) is 4.42 Å². The van der Waals surface area contributed by atoms with Crippen LogP contribution in [0.2, 0.25) is 0 Å². The smallest absolute Gasteiger partial charge is 0.104 e. The monoisotopic (exact) mass is 222 g/mol. The van der Waals surface area contributed by atoms with E-state index < -0.39 is 0 Å². The van der Waals surface area contributed by atoms with Crippen molar-refractivity contribution in [3.63, 3.8) is 0 Å². The Morgan fingerprint density at radius 3 is 2.88 bits per heavy atom. The first-order valence-corrected chi connectivity index (χ1v) is 6.37. The Kier molecular flexibility index (Phi) is 3.70. The minimum atomic E-state index is -0.139. The topological polar surface area (TPSA) is 33.4 Å². The molecule has 0 radical (unpaired) electrons. The fourth-order valence-corrected chi connectivity index (χ4v) is 2.80. The van der Waals surface area contributed by atoms with Crippen molar-refractivity contribution in [1.82, 2.24) is 0 Å². The van der Waals surface area contributed by atoms with E-state index in [9.17, 15) is 5.11 Å². The van der Waals surface area contributed by atoms with Crippen LogP contribution in [-0.4, -0.2) is 11.2 Å². The maximum atomic E-state index is 10.0. The van der Waals surface area contributed by atoms with Crippen LogP contribution in [0.5, 0.6) is 0 Å². The maximum Gasteiger partial charge on any atom is 0.104 e. The third-order valence-corrected chi connectivity index (χ3v) is 3.97. The molecule has 0 bridgehead atoms. The van der Waals surface area contributed by atoms with Crippen LogP contribution in [0.1, 0.15) is 38.9 Å². The van der Waals surface area contributed by atoms with Crippen molar-refractivity contribution < 1.29 is 9.52 Å². The van der Waals surface area contributed by atoms with Crippen LogP contribution in [0.25, 0.3) is 0 Å². The summed E-state index contributed by atoms with van der Waals surface area (Å²) < 4.78 is 5.37. The summed E-state index contributed by atoms with van der Waals surface area (Å²) in [5.74, 6) is 2.88. The average Bonchev–Trinajstić information content (AvgIpc) is 2.73. The summed E-state index contributed by atoms with van der Waals surface area (Å²) in [4.78, 5) is 0. The summed E-state index contributed by atoms with van der Waals surface area (Å²) in [6.45, 7) is 4.57. The van der Waals surface area contributed by atoms with Crippen LogP contribution in [0.15, 0.2) is 22.8 Å². The van der Waals surface area contributed by atoms with E-state index in [0.29, 0.717) is 5.92 Å². The zero-order chi connectivity index (χ0) is 11.5. The van der Waals surface area contributed by atoms with E-state index >= 15 is 0 Å². The number of hydrogen-bond donors (Lipinski definition) is 1. The zero-order valence-corrected chi connectivity index (χ0v) is 10.2. The van der Waals surface area contributed by atoms with E-state index in [0.717, 1.165) is 36.9 Å². The molecule has 2 nitrogen and oxygen atoms in total. The Labute approximate surface area is 97.7 Å². The van der Waals surface area contributed by atoms with Gasteiger partial charge in [-0.1, -0.05) is 13.8 Å². The van der Waals surface area contributed by atoms with E-state index in [-0.39, 0.29) is 6.10 Å². The molecule has 2 rings (SSSR count). The Balaban J connectivity index is 1.96. The molecule has 0 spiro atoms. The van der Waals surface area contributed by atoms with Crippen molar-refractivity contribution in [2.75, 3.05) is 0 Å². The molecule has 1 aromatic heterocycles. The van der Waals surface area contributed by atoms with E-state index in [2.05, 4.69) is 13.8 Å². The summed E-state index contributed by atoms with van der Waals surface area (Å²) in [7, 11) is 0. The van der Waals surface area contributed by atoms with Crippen LogP contribution < -0.4 is 0 Å². The van der Waals surface area contributed by atoms with Crippen molar-refractivity contribution in [1.29, 1.82) is 0 Å². The standard InChI is InChI=1S/C14H22O2/c1-10(2)11-5-6-14(15)12(8-11)9-13-4-3-7-16-13/h3-4,7,10-12,14-15H,5-6,8-9H2,1-2H3. The molecule has 0 amide bonds. The molecule has 3 atom stereocenters. The van der Waals surface area contributed by atoms with Gasteiger partial charge in [-0.05, 0) is 49.1 Å². The first kappa shape index (κ1) is 11.7. The molecule has 0 aliphatic heterocycles. The SMILES string of the molecule is CC(C)C1CCC(O)C(Cc2ccco2)C1. The minimum Gasteiger partial charge on any atom is -0.469 e. The molecule has 1 saturated carbocycles. The van der Waals surface area contributed by atoms with Gasteiger partial charge in [0.15, 0.2) is 0 Å². The third-order valence-electron chi connectivity index (χ3n) is 3.97. The van der Waals surface area contributed by atoms with Gasteiger partial charge in [-0.15, -0.1) is 0 Å². The highest BCUT2D eigenvalue weighted by molar-refractivity contribution is 5.01. The second kappa shape index (κ2) is 5.05. The van der Waals surface area contributed by atoms with Crippen molar-refractivity contribution in [2.45, 2.75) is 45.6 Å². The summed E-state index contributed by atoms with van der Waals surface area (Å²) in [6, 6.07) is 3.93. The number of aliphatic hydroxyl groups is 1. The van der Waals surface area contributed by atoms with Gasteiger partial charge < -0.3 is 9.52 Å². The number of rotatable bonds is 3. The first-order chi connectivity index (χ1) is 7.66. The number of aliphatic hydroxyl groups excluding tert-OH is 1. The van der Waals surface area contributed by atoms with Crippen molar-refractivity contribution in [3.8, 4) is 0 Å². The third kappa shape index (κ3) is 2.67. The Morgan fingerprint density at radius 1 is 1.44 bits per heavy atom. The van der Waals surface area contributed by atoms with Gasteiger partial charge in [0.25, 0.3) is 0 Å². The minimum absolute atomic E-state index is 0.139. The highest BCUT2D eigenvalue weighted by Gasteiger charge is 2.31. The van der Waals surface area contributed by atoms with Crippen LogP contribution in [0, 0.1) is 17.8 Å². The molecular formula is C14H22O2. The van der Waals surface area contributed by atoms with Gasteiger partial charge in [-0.3, -0.25) is 0 Å². The first-order valence-electron chi connectivity index (χ1n) is 6.37. The van der Waals surface area contributed by atoms with Crippen molar-refractivity contribution >= 4 is 0 Å². The van der Waals surface area contributed by atoms with Gasteiger partial charge in [0, 0.05) is 6.42 Å². The van der Waals surface area contributed by atoms with Gasteiger partial charge in [-0.2, -0.15) is 0 Å². The van der Waals surface area contributed by atoms with Gasteiger partial charge in [0.05, 0.1) is 12.4 Å². The molecule has 16 heavy (non-hydrogen) atoms. The molecule has 1 heterocycles. The molecule has 0 saturated heterocycles. The van der Waals surface area contributed by atoms with Crippen LogP contribution >= 0.6 is 0 Å². The van der Waals surface area contributed by atoms with Crippen molar-refractivity contribution in [3.05, 3.63) is 24.2 Å². The van der Waals surface area contributed by atoms with Gasteiger partial charge >= 0.3 is 0 Å². The van der Waals surface area contributed by atoms with Gasteiger partial charge in [0.2, 0.25) is 0 Å². The van der Waals surface area contributed by atoms with Crippen LogP contribution in [-0.2, 0) is 6.42 Å². The highest BCUT2D eigenvalue weighted by atomic mass is 16.3. The van der Waals surface area contributed by atoms with E-state index in [1.54, 1.807) is 6.26 Å². The predicted molar refractivity (Wildman–Crippen MR) is 64.1 cm³/mol. The lowest BCUT2D eigenvalue weighted by Crippen LogP contribution is -2.32. The molecule has 90 valence electrons. The van der Waals surface area contributed by atoms with Crippen molar-refractivity contribution in [2.24, 2.45) is 17.8 Å². The molecule has 1 N–H and O–H groups in total. The molecule has 1 aromatic rings. The van der Waals surface area contributed by atoms with E-state index in [1.807, 2.05) is 12.1 Å². The fourth-order valence-electron chi connectivity index (χ4n) is 2.80. The Morgan fingerprint density at radius 2 is 2.25 bits per heavy atom. The summed E-state index contributed by atoms with van der Waals surface area (Å²) in [5.41, 5.74) is 0. The maximum absolute atomic E-state index is 10.0. The second-order valence-electron chi connectivity index (χ2n) is 5.43. The molecule has 2 heteroatoms. The number of hydrogen-bond acceptors (Lipinski definition) is 2. The Hall–Kier alpha value is -0.760. The molecular weight excluding hydrogens is 200 g/mol. The fraction of sp³-hybridized carbons (Fsp3) is 0.714. The second-order valence-corrected chi connectivity index (χ2v) is 5.43. The van der Waals surface area contributed by atoms with Gasteiger partial charge in [-0.25, -0.2) is 0 Å². The summed E-state index contributed by atoms with van der Waals surface area (Å²) in [6.07, 6.45) is 5.73. The van der Waals surface area contributed by atoms with Crippen LogP contribution in [0.3, 0.4) is 0 Å². The van der Waals surface area contributed by atoms with Gasteiger partial charge in [0.1, 0.15) is 5.76 Å². The Bertz CT molecular complexity index is 303. The summed E-state index contributed by atoms with van der Waals surface area (Å²) in [5, 5.41) is 10.0. The van der Waals surface area contributed by atoms with E-state index in [1.165, 1.54) is 6.42 Å². The molecule has 3 unspecified atom stereocenters. The van der Waals surface area contributed by atoms with Crippen LogP contribution in [0.4, 0.5) is 0 Å². The largest absolute Gasteiger partial charge is 0.469 e. The molecule has 0 aromatic carbocycles.